The molecule has 0 saturated heterocycles. The van der Waals surface area contributed by atoms with Crippen LogP contribution in [0.15, 0.2) is 4.52 Å². The molecule has 2 saturated carbocycles. The molecule has 170 valence electrons. The third-order valence-electron chi connectivity index (χ3n) is 6.27. The first-order valence-corrected chi connectivity index (χ1v) is 12.6. The molecule has 0 aliphatic heterocycles. The van der Waals surface area contributed by atoms with Gasteiger partial charge in [-0.25, -0.2) is 0 Å². The van der Waals surface area contributed by atoms with Crippen molar-refractivity contribution in [3.8, 4) is 0 Å². The lowest BCUT2D eigenvalue weighted by Gasteiger charge is -2.45. The second-order valence-electron chi connectivity index (χ2n) is 10.6. The van der Waals surface area contributed by atoms with E-state index < -0.39 is 25.3 Å². The fourth-order valence-electron chi connectivity index (χ4n) is 5.41. The molecule has 2 aliphatic rings. The summed E-state index contributed by atoms with van der Waals surface area (Å²) in [6.45, 7) is 12.0. The molecule has 8 heteroatoms. The van der Waals surface area contributed by atoms with E-state index >= 15 is 0 Å². The molecule has 1 aromatic rings. The van der Waals surface area contributed by atoms with Crippen LogP contribution in [-0.2, 0) is 30.5 Å². The third-order valence-corrected chi connectivity index (χ3v) is 7.85. The molecule has 3 rings (SSSR count). The van der Waals surface area contributed by atoms with Gasteiger partial charge in [-0.2, -0.15) is 4.98 Å². The van der Waals surface area contributed by atoms with E-state index in [2.05, 4.69) is 24.0 Å². The average Bonchev–Trinajstić information content (AvgIpc) is 3.06. The van der Waals surface area contributed by atoms with Gasteiger partial charge in [0.05, 0.1) is 6.61 Å². The lowest BCUT2D eigenvalue weighted by atomic mass is 9.59. The van der Waals surface area contributed by atoms with Gasteiger partial charge in [0.1, 0.15) is 11.3 Å². The maximum Gasteiger partial charge on any atom is 0.319 e. The lowest BCUT2D eigenvalue weighted by molar-refractivity contribution is -0.154. The first-order valence-electron chi connectivity index (χ1n) is 11.2. The van der Waals surface area contributed by atoms with Crippen LogP contribution in [0.3, 0.4) is 0 Å². The van der Waals surface area contributed by atoms with Crippen LogP contribution in [0, 0.1) is 17.8 Å². The van der Waals surface area contributed by atoms with Crippen LogP contribution in [0.2, 0.25) is 0 Å². The Bertz CT molecular complexity index is 754. The average molecular weight is 441 g/mol. The van der Waals surface area contributed by atoms with Gasteiger partial charge in [0.25, 0.3) is 0 Å². The number of aromatic nitrogens is 2. The number of hydrogen-bond acceptors (Lipinski definition) is 7. The Labute approximate surface area is 180 Å². The van der Waals surface area contributed by atoms with E-state index in [9.17, 15) is 9.36 Å². The van der Waals surface area contributed by atoms with Gasteiger partial charge in [0.2, 0.25) is 13.9 Å². The number of nitrogens with zero attached hydrogens (tertiary/aromatic N) is 2. The summed E-state index contributed by atoms with van der Waals surface area (Å²) >= 11 is 0. The van der Waals surface area contributed by atoms with E-state index in [1.165, 1.54) is 19.3 Å². The van der Waals surface area contributed by atoms with Crippen molar-refractivity contribution in [3.63, 3.8) is 0 Å². The van der Waals surface area contributed by atoms with Crippen LogP contribution < -0.4 is 0 Å². The molecule has 0 spiro atoms. The monoisotopic (exact) mass is 440 g/mol. The summed E-state index contributed by atoms with van der Waals surface area (Å²) in [4.78, 5) is 17.3. The Kier molecular flexibility index (Phi) is 7.13. The van der Waals surface area contributed by atoms with Gasteiger partial charge in [-0.3, -0.25) is 9.36 Å². The van der Waals surface area contributed by atoms with Crippen molar-refractivity contribution in [1.82, 2.24) is 10.1 Å². The highest BCUT2D eigenvalue weighted by Gasteiger charge is 2.44. The summed E-state index contributed by atoms with van der Waals surface area (Å²) in [7, 11) is -2.65. The molecule has 2 bridgehead atoms. The van der Waals surface area contributed by atoms with E-state index in [4.69, 9.17) is 13.8 Å². The second-order valence-corrected chi connectivity index (χ2v) is 12.2. The second kappa shape index (κ2) is 9.12. The van der Waals surface area contributed by atoms with Gasteiger partial charge in [0, 0.05) is 11.8 Å². The summed E-state index contributed by atoms with van der Waals surface area (Å²) < 4.78 is 28.8. The Morgan fingerprint density at radius 2 is 1.90 bits per heavy atom. The smallest absolute Gasteiger partial charge is 0.319 e. The van der Waals surface area contributed by atoms with Gasteiger partial charge in [-0.15, -0.1) is 0 Å². The Morgan fingerprint density at radius 1 is 1.27 bits per heavy atom. The molecule has 0 N–H and O–H groups in total. The van der Waals surface area contributed by atoms with E-state index in [0.29, 0.717) is 23.6 Å². The maximum atomic E-state index is 12.6. The third kappa shape index (κ3) is 5.73. The van der Waals surface area contributed by atoms with Gasteiger partial charge in [-0.05, 0) is 77.6 Å². The van der Waals surface area contributed by atoms with Crippen molar-refractivity contribution < 1.29 is 23.1 Å². The summed E-state index contributed by atoms with van der Waals surface area (Å²) in [5.74, 6) is 2.70. The summed E-state index contributed by atoms with van der Waals surface area (Å²) in [6, 6.07) is 0. The van der Waals surface area contributed by atoms with Gasteiger partial charge in [0.15, 0.2) is 5.82 Å². The highest BCUT2D eigenvalue weighted by atomic mass is 31.1. The van der Waals surface area contributed by atoms with E-state index in [0.717, 1.165) is 18.8 Å². The molecule has 4 unspecified atom stereocenters. The van der Waals surface area contributed by atoms with Crippen LogP contribution in [-0.4, -0.2) is 34.0 Å². The van der Waals surface area contributed by atoms with E-state index in [1.54, 1.807) is 27.7 Å². The molecule has 0 amide bonds. The van der Waals surface area contributed by atoms with E-state index in [1.807, 2.05) is 0 Å². The summed E-state index contributed by atoms with van der Waals surface area (Å²) in [5, 5.41) is 4.28. The Balaban J connectivity index is 1.75. The van der Waals surface area contributed by atoms with Gasteiger partial charge >= 0.3 is 5.97 Å². The molecule has 2 fully saturated rings. The number of ether oxygens (including phenoxy) is 1. The van der Waals surface area contributed by atoms with Crippen LogP contribution in [0.1, 0.15) is 85.4 Å². The minimum Gasteiger partial charge on any atom is -0.459 e. The first-order chi connectivity index (χ1) is 14.0. The van der Waals surface area contributed by atoms with Crippen molar-refractivity contribution in [3.05, 3.63) is 11.7 Å². The molecule has 7 nitrogen and oxygen atoms in total. The number of rotatable bonds is 7. The zero-order valence-corrected chi connectivity index (χ0v) is 20.2. The Hall–Kier alpha value is -1.20. The molecular weight excluding hydrogens is 403 g/mol. The van der Waals surface area contributed by atoms with Crippen molar-refractivity contribution in [2.24, 2.45) is 17.8 Å². The van der Waals surface area contributed by atoms with Crippen molar-refractivity contribution in [1.29, 1.82) is 0 Å². The number of carbonyl (C=O) groups excluding carboxylic acids is 1. The van der Waals surface area contributed by atoms with Crippen LogP contribution in [0.25, 0.3) is 0 Å². The number of carbonyl (C=O) groups is 1. The number of hydrogen-bond donors (Lipinski definition) is 0. The maximum absolute atomic E-state index is 12.6. The zero-order chi connectivity index (χ0) is 22.1. The van der Waals surface area contributed by atoms with Gasteiger partial charge < -0.3 is 13.8 Å². The molecule has 4 atom stereocenters. The Morgan fingerprint density at radius 3 is 2.47 bits per heavy atom. The van der Waals surface area contributed by atoms with Crippen LogP contribution >= 0.6 is 8.03 Å². The molecule has 0 aromatic carbocycles. The largest absolute Gasteiger partial charge is 0.459 e. The predicted molar refractivity (Wildman–Crippen MR) is 115 cm³/mol. The minimum absolute atomic E-state index is 0.0691. The summed E-state index contributed by atoms with van der Waals surface area (Å²) in [5.41, 5.74) is -1.71. The van der Waals surface area contributed by atoms with Crippen LogP contribution in [0.5, 0.6) is 0 Å². The highest BCUT2D eigenvalue weighted by molar-refractivity contribution is 7.41. The van der Waals surface area contributed by atoms with Crippen molar-refractivity contribution in [2.45, 2.75) is 96.7 Å². The fraction of sp³-hybridized carbons (Fsp3) is 0.864. The molecule has 0 radical (unpaired) electrons. The molecule has 1 aromatic heterocycles. The standard InChI is InChI=1S/C22H37N2O5P/c1-7-27-30(26)17(19(25)28-21(3,4)5)11-18-23-20(24-29-18)22(6)12-15-8-14(2)9-16(10-15)13-22/h14-17,30H,7-13H2,1-6H3. The number of fused-ring (bicyclic) bond motifs is 2. The van der Waals surface area contributed by atoms with Crippen molar-refractivity contribution in [2.75, 3.05) is 6.61 Å². The quantitative estimate of drug-likeness (QED) is 0.438. The zero-order valence-electron chi connectivity index (χ0n) is 19.2. The van der Waals surface area contributed by atoms with Crippen molar-refractivity contribution >= 4 is 14.0 Å². The fourth-order valence-corrected chi connectivity index (χ4v) is 6.49. The van der Waals surface area contributed by atoms with E-state index in [-0.39, 0.29) is 18.4 Å². The SMILES string of the molecule is CCO[PH](=O)C(Cc1nc(C2(C)CC3CC(C)CC(C3)C2)no1)C(=O)OC(C)(C)C. The lowest BCUT2D eigenvalue weighted by Crippen LogP contribution is -2.39. The first kappa shape index (κ1) is 23.5. The minimum atomic E-state index is -2.65. The predicted octanol–water partition coefficient (Wildman–Crippen LogP) is 4.94. The molecule has 2 aliphatic carbocycles. The number of esters is 1. The van der Waals surface area contributed by atoms with Gasteiger partial charge in [-0.1, -0.05) is 19.0 Å². The normalized spacial score (nSPS) is 31.2. The molecule has 1 heterocycles. The topological polar surface area (TPSA) is 91.5 Å². The van der Waals surface area contributed by atoms with Crippen LogP contribution in [0.4, 0.5) is 0 Å². The highest BCUT2D eigenvalue weighted by Crippen LogP contribution is 2.50. The molecule has 30 heavy (non-hydrogen) atoms. The molecular formula is C22H37N2O5P. The summed E-state index contributed by atoms with van der Waals surface area (Å²) in [6.07, 6.45) is 6.05.